The van der Waals surface area contributed by atoms with E-state index < -0.39 is 11.8 Å². The normalized spacial score (nSPS) is 14.9. The van der Waals surface area contributed by atoms with Gasteiger partial charge in [-0.2, -0.15) is 0 Å². The van der Waals surface area contributed by atoms with Crippen LogP contribution < -0.4 is 16.0 Å². The molecule has 1 aromatic heterocycles. The second-order valence-electron chi connectivity index (χ2n) is 7.53. The van der Waals surface area contributed by atoms with Crippen LogP contribution in [0.1, 0.15) is 23.9 Å². The highest BCUT2D eigenvalue weighted by Gasteiger charge is 2.26. The maximum atomic E-state index is 13.2. The van der Waals surface area contributed by atoms with Gasteiger partial charge < -0.3 is 16.0 Å². The maximum Gasteiger partial charge on any atom is 0.313 e. The van der Waals surface area contributed by atoms with Crippen LogP contribution in [0.3, 0.4) is 0 Å². The summed E-state index contributed by atoms with van der Waals surface area (Å²) in [7, 11) is 0. The molecule has 0 spiro atoms. The number of hydrogen-bond acceptors (Lipinski definition) is 5. The van der Waals surface area contributed by atoms with E-state index in [9.17, 15) is 18.8 Å². The predicted octanol–water partition coefficient (Wildman–Crippen LogP) is 3.52. The lowest BCUT2D eigenvalue weighted by Gasteiger charge is -2.22. The van der Waals surface area contributed by atoms with E-state index >= 15 is 0 Å². The molecule has 0 saturated carbocycles. The lowest BCUT2D eigenvalue weighted by atomic mass is 9.97. The van der Waals surface area contributed by atoms with E-state index in [-0.39, 0.29) is 17.8 Å². The first-order valence-electron chi connectivity index (χ1n) is 10.1. The minimum atomic E-state index is -0.771. The first kappa shape index (κ1) is 21.6. The van der Waals surface area contributed by atoms with Crippen LogP contribution in [-0.4, -0.2) is 28.7 Å². The minimum Gasteiger partial charge on any atom is -0.345 e. The lowest BCUT2D eigenvalue weighted by Crippen LogP contribution is -2.44. The van der Waals surface area contributed by atoms with Gasteiger partial charge in [-0.1, -0.05) is 6.07 Å². The molecule has 1 atom stereocenters. The van der Waals surface area contributed by atoms with Crippen LogP contribution in [0.5, 0.6) is 0 Å². The molecule has 1 unspecified atom stereocenters. The third-order valence-corrected chi connectivity index (χ3v) is 6.18. The highest BCUT2D eigenvalue weighted by atomic mass is 32.1. The van der Waals surface area contributed by atoms with Crippen molar-refractivity contribution < 1.29 is 18.8 Å². The first-order chi connectivity index (χ1) is 15.4. The zero-order chi connectivity index (χ0) is 22.7. The van der Waals surface area contributed by atoms with E-state index in [1.165, 1.54) is 30.4 Å². The molecule has 0 radical (unpaired) electrons. The molecule has 32 heavy (non-hydrogen) atoms. The number of carbonyl (C=O) groups is 3. The molecule has 0 bridgehead atoms. The van der Waals surface area contributed by atoms with Crippen molar-refractivity contribution in [3.05, 3.63) is 64.9 Å². The second kappa shape index (κ2) is 9.27. The fourth-order valence-corrected chi connectivity index (χ4v) is 4.72. The van der Waals surface area contributed by atoms with E-state index in [1.54, 1.807) is 36.4 Å². The molecule has 0 saturated heterocycles. The van der Waals surface area contributed by atoms with Crippen molar-refractivity contribution >= 4 is 40.4 Å². The van der Waals surface area contributed by atoms with Gasteiger partial charge in [0.15, 0.2) is 0 Å². The summed E-state index contributed by atoms with van der Waals surface area (Å²) in [5.74, 6) is -2.01. The second-order valence-corrected chi connectivity index (χ2v) is 8.61. The van der Waals surface area contributed by atoms with Gasteiger partial charge in [0.1, 0.15) is 10.8 Å². The molecule has 0 fully saturated rings. The Hall–Kier alpha value is -3.59. The highest BCUT2D eigenvalue weighted by molar-refractivity contribution is 7.15. The summed E-state index contributed by atoms with van der Waals surface area (Å²) in [6.45, 7) is 1.39. The van der Waals surface area contributed by atoms with Gasteiger partial charge in [0.2, 0.25) is 5.91 Å². The van der Waals surface area contributed by atoms with E-state index in [4.69, 9.17) is 0 Å². The van der Waals surface area contributed by atoms with Crippen LogP contribution in [0.25, 0.3) is 10.6 Å². The van der Waals surface area contributed by atoms with E-state index in [1.807, 2.05) is 0 Å². The Bertz CT molecular complexity index is 1180. The van der Waals surface area contributed by atoms with Gasteiger partial charge >= 0.3 is 11.8 Å². The summed E-state index contributed by atoms with van der Waals surface area (Å²) in [5, 5.41) is 8.79. The van der Waals surface area contributed by atoms with Crippen LogP contribution in [0, 0.1) is 5.82 Å². The number of aryl methyl sites for hydroxylation is 1. The molecule has 0 aliphatic heterocycles. The number of amides is 3. The topological polar surface area (TPSA) is 100 Å². The summed E-state index contributed by atoms with van der Waals surface area (Å²) in [6, 6.07) is 12.6. The van der Waals surface area contributed by atoms with Crippen LogP contribution in [0.2, 0.25) is 0 Å². The lowest BCUT2D eigenvalue weighted by molar-refractivity contribution is -0.136. The number of nitrogens with zero attached hydrogens (tertiary/aromatic N) is 1. The minimum absolute atomic E-state index is 0.173. The Balaban J connectivity index is 1.36. The highest BCUT2D eigenvalue weighted by Crippen LogP contribution is 2.32. The molecule has 4 rings (SSSR count). The predicted molar refractivity (Wildman–Crippen MR) is 121 cm³/mol. The fraction of sp³-hybridized carbons (Fsp3) is 0.217. The average molecular weight is 453 g/mol. The zero-order valence-electron chi connectivity index (χ0n) is 17.3. The number of aromatic nitrogens is 1. The van der Waals surface area contributed by atoms with Crippen LogP contribution in [0.4, 0.5) is 15.8 Å². The molecular weight excluding hydrogens is 431 g/mol. The van der Waals surface area contributed by atoms with Crippen LogP contribution in [-0.2, 0) is 27.2 Å². The molecule has 3 amide bonds. The number of hydrogen-bond donors (Lipinski definition) is 3. The average Bonchev–Trinajstić information content (AvgIpc) is 3.17. The van der Waals surface area contributed by atoms with Crippen LogP contribution in [0.15, 0.2) is 48.5 Å². The quantitative estimate of drug-likeness (QED) is 0.528. The molecule has 1 heterocycles. The molecule has 1 aliphatic carbocycles. The summed E-state index contributed by atoms with van der Waals surface area (Å²) < 4.78 is 13.2. The van der Waals surface area contributed by atoms with E-state index in [0.717, 1.165) is 21.1 Å². The molecule has 1 aliphatic rings. The molecule has 3 aromatic rings. The van der Waals surface area contributed by atoms with Gasteiger partial charge in [0.25, 0.3) is 0 Å². The summed E-state index contributed by atoms with van der Waals surface area (Å²) in [5.41, 5.74) is 2.78. The number of halogens is 1. The Labute approximate surface area is 188 Å². The molecule has 3 N–H and O–H groups in total. The SMILES string of the molecule is CC(=O)Nc1cccc(NC(=O)C(=O)NC2CCc3nc(-c4ccc(F)cc4)sc3C2)c1. The molecule has 7 nitrogen and oxygen atoms in total. The van der Waals surface area contributed by atoms with E-state index in [0.29, 0.717) is 30.6 Å². The number of rotatable bonds is 4. The van der Waals surface area contributed by atoms with Crippen molar-refractivity contribution in [1.82, 2.24) is 10.3 Å². The third kappa shape index (κ3) is 5.17. The van der Waals surface area contributed by atoms with Crippen molar-refractivity contribution in [3.63, 3.8) is 0 Å². The first-order valence-corrected chi connectivity index (χ1v) is 10.9. The molecular formula is C23H21FN4O3S. The molecule has 164 valence electrons. The standard InChI is InChI=1S/C23H21FN4O3S/c1-13(29)25-16-3-2-4-17(11-16)26-21(30)22(31)27-18-9-10-19-20(12-18)32-23(28-19)14-5-7-15(24)8-6-14/h2-8,11,18H,9-10,12H2,1H3,(H,25,29)(H,26,30)(H,27,31). The van der Waals surface area contributed by atoms with Crippen molar-refractivity contribution in [2.45, 2.75) is 32.2 Å². The van der Waals surface area contributed by atoms with Gasteiger partial charge in [-0.25, -0.2) is 9.37 Å². The number of nitrogens with one attached hydrogen (secondary N) is 3. The van der Waals surface area contributed by atoms with Crippen molar-refractivity contribution in [2.24, 2.45) is 0 Å². The number of thiazole rings is 1. The Kier molecular flexibility index (Phi) is 6.27. The Morgan fingerprint density at radius 2 is 1.75 bits per heavy atom. The summed E-state index contributed by atoms with van der Waals surface area (Å²) in [6.07, 6.45) is 1.96. The Morgan fingerprint density at radius 3 is 2.47 bits per heavy atom. The van der Waals surface area contributed by atoms with Crippen molar-refractivity contribution in [3.8, 4) is 10.6 Å². The third-order valence-electron chi connectivity index (χ3n) is 5.01. The van der Waals surface area contributed by atoms with Crippen molar-refractivity contribution in [1.29, 1.82) is 0 Å². The van der Waals surface area contributed by atoms with Gasteiger partial charge in [0.05, 0.1) is 5.69 Å². The van der Waals surface area contributed by atoms with Gasteiger partial charge in [-0.15, -0.1) is 11.3 Å². The van der Waals surface area contributed by atoms with E-state index in [2.05, 4.69) is 20.9 Å². The smallest absolute Gasteiger partial charge is 0.313 e. The maximum absolute atomic E-state index is 13.2. The van der Waals surface area contributed by atoms with Gasteiger partial charge in [-0.3, -0.25) is 14.4 Å². The zero-order valence-corrected chi connectivity index (χ0v) is 18.1. The number of benzene rings is 2. The van der Waals surface area contributed by atoms with Crippen LogP contribution >= 0.6 is 11.3 Å². The van der Waals surface area contributed by atoms with Gasteiger partial charge in [0, 0.05) is 41.2 Å². The number of carbonyl (C=O) groups excluding carboxylic acids is 3. The Morgan fingerprint density at radius 1 is 1.03 bits per heavy atom. The summed E-state index contributed by atoms with van der Waals surface area (Å²) >= 11 is 1.52. The van der Waals surface area contributed by atoms with Gasteiger partial charge in [-0.05, 0) is 55.3 Å². The van der Waals surface area contributed by atoms with Crippen molar-refractivity contribution in [2.75, 3.05) is 10.6 Å². The fourth-order valence-electron chi connectivity index (χ4n) is 3.53. The summed E-state index contributed by atoms with van der Waals surface area (Å²) in [4.78, 5) is 41.6. The monoisotopic (exact) mass is 452 g/mol. The molecule has 2 aromatic carbocycles. The number of fused-ring (bicyclic) bond motifs is 1. The number of anilines is 2. The molecule has 9 heteroatoms. The largest absolute Gasteiger partial charge is 0.345 e.